The first-order valence-electron chi connectivity index (χ1n) is 5.53. The summed E-state index contributed by atoms with van der Waals surface area (Å²) in [6, 6.07) is 4.49. The summed E-state index contributed by atoms with van der Waals surface area (Å²) < 4.78 is 26.2. The zero-order valence-electron chi connectivity index (χ0n) is 9.97. The van der Waals surface area contributed by atoms with Crippen molar-refractivity contribution < 1.29 is 8.42 Å². The number of benzene rings is 1. The molecule has 7 heteroatoms. The van der Waals surface area contributed by atoms with Crippen LogP contribution in [0.3, 0.4) is 0 Å². The van der Waals surface area contributed by atoms with Crippen LogP contribution in [0, 0.1) is 0 Å². The minimum Gasteiger partial charge on any atom is -0.398 e. The lowest BCUT2D eigenvalue weighted by Crippen LogP contribution is -2.36. The van der Waals surface area contributed by atoms with Gasteiger partial charge in [-0.3, -0.25) is 0 Å². The molecular formula is C11H15ClN2O2S2. The maximum absolute atomic E-state index is 12.4. The molecule has 0 saturated carbocycles. The topological polar surface area (TPSA) is 63.4 Å². The Labute approximate surface area is 117 Å². The van der Waals surface area contributed by atoms with Crippen LogP contribution in [-0.2, 0) is 10.0 Å². The molecule has 0 amide bonds. The fourth-order valence-corrected chi connectivity index (χ4v) is 4.86. The molecule has 2 rings (SSSR count). The lowest BCUT2D eigenvalue weighted by Gasteiger charge is -2.23. The molecule has 0 aliphatic carbocycles. The number of halogens is 1. The molecule has 0 radical (unpaired) electrons. The summed E-state index contributed by atoms with van der Waals surface area (Å²) in [5.74, 6) is 1.85. The van der Waals surface area contributed by atoms with Gasteiger partial charge in [-0.15, -0.1) is 0 Å². The van der Waals surface area contributed by atoms with Crippen LogP contribution in [0.2, 0.25) is 5.02 Å². The Morgan fingerprint density at radius 3 is 2.78 bits per heavy atom. The van der Waals surface area contributed by atoms with Crippen molar-refractivity contribution >= 4 is 39.1 Å². The maximum Gasteiger partial charge on any atom is 0.243 e. The lowest BCUT2D eigenvalue weighted by molar-refractivity contribution is 0.394. The molecule has 1 saturated heterocycles. The fraction of sp³-hybridized carbons (Fsp3) is 0.455. The highest BCUT2D eigenvalue weighted by Crippen LogP contribution is 2.28. The van der Waals surface area contributed by atoms with Gasteiger partial charge in [-0.25, -0.2) is 8.42 Å². The van der Waals surface area contributed by atoms with Gasteiger partial charge in [0.2, 0.25) is 10.0 Å². The molecule has 1 unspecified atom stereocenters. The highest BCUT2D eigenvalue weighted by atomic mass is 35.5. The number of thioether (sulfide) groups is 1. The van der Waals surface area contributed by atoms with Crippen LogP contribution in [-0.4, -0.2) is 37.3 Å². The Morgan fingerprint density at radius 2 is 2.22 bits per heavy atom. The van der Waals surface area contributed by atoms with Crippen molar-refractivity contribution in [3.63, 3.8) is 0 Å². The van der Waals surface area contributed by atoms with E-state index in [4.69, 9.17) is 17.3 Å². The number of nitrogens with two attached hydrogens (primary N) is 1. The third-order valence-corrected chi connectivity index (χ3v) is 6.45. The molecule has 0 aromatic heterocycles. The molecule has 1 aromatic carbocycles. The Hall–Kier alpha value is -0.430. The SMILES string of the molecule is CN(C1CCSC1)S(=O)(=O)c1ccc(N)c(Cl)c1. The van der Waals surface area contributed by atoms with E-state index < -0.39 is 10.0 Å². The van der Waals surface area contributed by atoms with E-state index in [-0.39, 0.29) is 16.0 Å². The highest BCUT2D eigenvalue weighted by Gasteiger charge is 2.30. The molecule has 18 heavy (non-hydrogen) atoms. The molecule has 1 aliphatic rings. The smallest absolute Gasteiger partial charge is 0.243 e. The Balaban J connectivity index is 2.32. The van der Waals surface area contributed by atoms with Crippen molar-refractivity contribution in [3.8, 4) is 0 Å². The third kappa shape index (κ3) is 2.61. The van der Waals surface area contributed by atoms with Crippen LogP contribution in [0.4, 0.5) is 5.69 Å². The van der Waals surface area contributed by atoms with Crippen molar-refractivity contribution in [1.82, 2.24) is 4.31 Å². The molecule has 1 heterocycles. The molecule has 2 N–H and O–H groups in total. The van der Waals surface area contributed by atoms with Gasteiger partial charge < -0.3 is 5.73 Å². The van der Waals surface area contributed by atoms with E-state index in [0.717, 1.165) is 17.9 Å². The number of rotatable bonds is 3. The first kappa shape index (κ1) is 14.0. The average Bonchev–Trinajstić information content (AvgIpc) is 2.85. The summed E-state index contributed by atoms with van der Waals surface area (Å²) in [4.78, 5) is 0.195. The van der Waals surface area contributed by atoms with E-state index >= 15 is 0 Å². The van der Waals surface area contributed by atoms with Crippen molar-refractivity contribution in [2.45, 2.75) is 17.4 Å². The number of hydrogen-bond donors (Lipinski definition) is 1. The fourth-order valence-electron chi connectivity index (χ4n) is 1.84. The Bertz CT molecular complexity index is 542. The van der Waals surface area contributed by atoms with Crippen LogP contribution < -0.4 is 5.73 Å². The van der Waals surface area contributed by atoms with Gasteiger partial charge in [0, 0.05) is 18.8 Å². The van der Waals surface area contributed by atoms with Gasteiger partial charge in [-0.1, -0.05) is 11.6 Å². The molecule has 1 aliphatic heterocycles. The second kappa shape index (κ2) is 5.28. The van der Waals surface area contributed by atoms with Crippen LogP contribution in [0.15, 0.2) is 23.1 Å². The molecule has 1 atom stereocenters. The normalized spacial score (nSPS) is 20.5. The molecule has 1 fully saturated rings. The number of anilines is 1. The minimum absolute atomic E-state index is 0.0660. The van der Waals surface area contributed by atoms with Gasteiger partial charge in [0.15, 0.2) is 0 Å². The van der Waals surface area contributed by atoms with Gasteiger partial charge in [0.25, 0.3) is 0 Å². The summed E-state index contributed by atoms with van der Waals surface area (Å²) in [5.41, 5.74) is 5.97. The summed E-state index contributed by atoms with van der Waals surface area (Å²) in [6.07, 6.45) is 0.892. The average molecular weight is 307 g/mol. The van der Waals surface area contributed by atoms with E-state index in [1.54, 1.807) is 18.8 Å². The molecule has 0 bridgehead atoms. The summed E-state index contributed by atoms with van der Waals surface area (Å²) in [7, 11) is -1.86. The van der Waals surface area contributed by atoms with E-state index in [1.165, 1.54) is 22.5 Å². The predicted octanol–water partition coefficient (Wildman–Crippen LogP) is 2.05. The molecule has 0 spiro atoms. The maximum atomic E-state index is 12.4. The van der Waals surface area contributed by atoms with Crippen molar-refractivity contribution in [2.75, 3.05) is 24.3 Å². The summed E-state index contributed by atoms with van der Waals surface area (Å²) in [6.45, 7) is 0. The second-order valence-electron chi connectivity index (χ2n) is 4.22. The van der Waals surface area contributed by atoms with Gasteiger partial charge >= 0.3 is 0 Å². The highest BCUT2D eigenvalue weighted by molar-refractivity contribution is 7.99. The van der Waals surface area contributed by atoms with Crippen LogP contribution in [0.25, 0.3) is 0 Å². The molecule has 1 aromatic rings. The van der Waals surface area contributed by atoms with Crippen molar-refractivity contribution in [1.29, 1.82) is 0 Å². The summed E-state index contributed by atoms with van der Waals surface area (Å²) >= 11 is 7.65. The van der Waals surface area contributed by atoms with Crippen LogP contribution in [0.1, 0.15) is 6.42 Å². The van der Waals surface area contributed by atoms with E-state index in [2.05, 4.69) is 0 Å². The number of sulfonamides is 1. The second-order valence-corrected chi connectivity index (χ2v) is 7.78. The third-order valence-electron chi connectivity index (χ3n) is 3.07. The molecule has 4 nitrogen and oxygen atoms in total. The first-order valence-corrected chi connectivity index (χ1v) is 8.51. The van der Waals surface area contributed by atoms with E-state index in [0.29, 0.717) is 5.69 Å². The van der Waals surface area contributed by atoms with Gasteiger partial charge in [-0.05, 0) is 30.4 Å². The monoisotopic (exact) mass is 306 g/mol. The van der Waals surface area contributed by atoms with Gasteiger partial charge in [-0.2, -0.15) is 16.1 Å². The van der Waals surface area contributed by atoms with Crippen molar-refractivity contribution in [2.24, 2.45) is 0 Å². The van der Waals surface area contributed by atoms with Gasteiger partial charge in [0.05, 0.1) is 15.6 Å². The van der Waals surface area contributed by atoms with Crippen LogP contribution in [0.5, 0.6) is 0 Å². The first-order chi connectivity index (χ1) is 8.43. The quantitative estimate of drug-likeness (QED) is 0.868. The molecule has 100 valence electrons. The number of hydrogen-bond acceptors (Lipinski definition) is 4. The Kier molecular flexibility index (Phi) is 4.11. The predicted molar refractivity (Wildman–Crippen MR) is 76.5 cm³/mol. The van der Waals surface area contributed by atoms with E-state index in [9.17, 15) is 8.42 Å². The largest absolute Gasteiger partial charge is 0.398 e. The standard InChI is InChI=1S/C11H15ClN2O2S2/c1-14(8-4-5-17-7-8)18(15,16)9-2-3-11(13)10(12)6-9/h2-3,6,8H,4-5,7,13H2,1H3. The zero-order chi connectivity index (χ0) is 13.3. The minimum atomic E-state index is -3.48. The summed E-state index contributed by atoms with van der Waals surface area (Å²) in [5, 5.41) is 0.269. The zero-order valence-corrected chi connectivity index (χ0v) is 12.4. The Morgan fingerprint density at radius 1 is 1.50 bits per heavy atom. The van der Waals surface area contributed by atoms with Crippen LogP contribution >= 0.6 is 23.4 Å². The van der Waals surface area contributed by atoms with Crippen molar-refractivity contribution in [3.05, 3.63) is 23.2 Å². The molecular weight excluding hydrogens is 292 g/mol. The number of nitrogen functional groups attached to an aromatic ring is 1. The van der Waals surface area contributed by atoms with Gasteiger partial charge in [0.1, 0.15) is 0 Å². The lowest BCUT2D eigenvalue weighted by atomic mass is 10.3. The number of nitrogens with zero attached hydrogens (tertiary/aromatic N) is 1. The van der Waals surface area contributed by atoms with E-state index in [1.807, 2.05) is 0 Å².